The van der Waals surface area contributed by atoms with Gasteiger partial charge >= 0.3 is 0 Å². The van der Waals surface area contributed by atoms with Gasteiger partial charge in [0.05, 0.1) is 13.1 Å². The molecule has 3 rings (SSSR count). The lowest BCUT2D eigenvalue weighted by atomic mass is 10.2. The first-order chi connectivity index (χ1) is 13.5. The molecule has 28 heavy (non-hydrogen) atoms. The number of hydrogen-bond acceptors (Lipinski definition) is 5. The van der Waals surface area contributed by atoms with E-state index >= 15 is 0 Å². The zero-order chi connectivity index (χ0) is 19.9. The van der Waals surface area contributed by atoms with E-state index < -0.39 is 0 Å². The number of carbonyl (C=O) groups excluding carboxylic acids is 2. The van der Waals surface area contributed by atoms with Gasteiger partial charge in [-0.15, -0.1) is 0 Å². The van der Waals surface area contributed by atoms with Crippen molar-refractivity contribution in [2.75, 3.05) is 51.6 Å². The molecule has 0 aliphatic carbocycles. The van der Waals surface area contributed by atoms with Crippen molar-refractivity contribution < 1.29 is 14.0 Å². The molecular formula is C20H25FN4O2S. The van der Waals surface area contributed by atoms with Gasteiger partial charge in [0.15, 0.2) is 0 Å². The van der Waals surface area contributed by atoms with Crippen molar-refractivity contribution in [3.05, 3.63) is 52.5 Å². The third kappa shape index (κ3) is 6.12. The van der Waals surface area contributed by atoms with Gasteiger partial charge in [-0.1, -0.05) is 6.07 Å². The average molecular weight is 405 g/mol. The second-order valence-corrected chi connectivity index (χ2v) is 7.77. The molecule has 2 heterocycles. The number of piperazine rings is 1. The van der Waals surface area contributed by atoms with Crippen molar-refractivity contribution in [1.82, 2.24) is 14.7 Å². The molecule has 6 nitrogen and oxygen atoms in total. The largest absolute Gasteiger partial charge is 0.340 e. The molecule has 150 valence electrons. The minimum absolute atomic E-state index is 0.100. The number of nitrogens with zero attached hydrogens (tertiary/aromatic N) is 3. The summed E-state index contributed by atoms with van der Waals surface area (Å²) in [6.07, 6.45) is 0. The Hall–Kier alpha value is -2.29. The van der Waals surface area contributed by atoms with E-state index in [0.29, 0.717) is 18.8 Å². The van der Waals surface area contributed by atoms with Crippen molar-refractivity contribution in [3.63, 3.8) is 0 Å². The average Bonchev–Trinajstić information content (AvgIpc) is 3.16. The van der Waals surface area contributed by atoms with Gasteiger partial charge in [-0.2, -0.15) is 11.3 Å². The standard InChI is InChI=1S/C20H25FN4O2S/c1-23(12-16-5-10-28-15-16)20(27)14-25-8-6-24(7-9-25)13-19(26)22-18-4-2-3-17(21)11-18/h2-5,10-11,15H,6-9,12-14H2,1H3,(H,22,26). The van der Waals surface area contributed by atoms with Crippen LogP contribution in [0.2, 0.25) is 0 Å². The van der Waals surface area contributed by atoms with Crippen LogP contribution in [-0.2, 0) is 16.1 Å². The van der Waals surface area contributed by atoms with Crippen LogP contribution in [0.3, 0.4) is 0 Å². The van der Waals surface area contributed by atoms with Crippen molar-refractivity contribution in [2.24, 2.45) is 0 Å². The summed E-state index contributed by atoms with van der Waals surface area (Å²) in [5.41, 5.74) is 1.61. The summed E-state index contributed by atoms with van der Waals surface area (Å²) >= 11 is 1.63. The fourth-order valence-electron chi connectivity index (χ4n) is 3.13. The Bertz CT molecular complexity index is 791. The molecule has 2 amide bonds. The summed E-state index contributed by atoms with van der Waals surface area (Å²) in [7, 11) is 1.83. The van der Waals surface area contributed by atoms with Crippen LogP contribution in [0.5, 0.6) is 0 Å². The van der Waals surface area contributed by atoms with Gasteiger partial charge in [-0.05, 0) is 40.6 Å². The van der Waals surface area contributed by atoms with Crippen molar-refractivity contribution >= 4 is 28.8 Å². The Morgan fingerprint density at radius 3 is 2.50 bits per heavy atom. The third-order valence-electron chi connectivity index (χ3n) is 4.72. The van der Waals surface area contributed by atoms with Crippen molar-refractivity contribution in [2.45, 2.75) is 6.54 Å². The SMILES string of the molecule is CN(Cc1ccsc1)C(=O)CN1CCN(CC(=O)Nc2cccc(F)c2)CC1. The maximum atomic E-state index is 13.2. The molecule has 1 saturated heterocycles. The first-order valence-corrected chi connectivity index (χ1v) is 10.2. The lowest BCUT2D eigenvalue weighted by Crippen LogP contribution is -2.51. The second kappa shape index (κ2) is 9.77. The fourth-order valence-corrected chi connectivity index (χ4v) is 3.79. The molecule has 1 aromatic carbocycles. The summed E-state index contributed by atoms with van der Waals surface area (Å²) in [5.74, 6) is -0.436. The molecule has 0 radical (unpaired) electrons. The van der Waals surface area contributed by atoms with E-state index in [-0.39, 0.29) is 24.2 Å². The summed E-state index contributed by atoms with van der Waals surface area (Å²) in [5, 5.41) is 6.78. The van der Waals surface area contributed by atoms with Gasteiger partial charge in [-0.25, -0.2) is 4.39 Å². The number of nitrogens with one attached hydrogen (secondary N) is 1. The lowest BCUT2D eigenvalue weighted by molar-refractivity contribution is -0.132. The molecule has 8 heteroatoms. The molecule has 0 spiro atoms. The van der Waals surface area contributed by atoms with Crippen molar-refractivity contribution in [1.29, 1.82) is 0 Å². The topological polar surface area (TPSA) is 55.9 Å². The Kier molecular flexibility index (Phi) is 7.13. The number of amides is 2. The highest BCUT2D eigenvalue weighted by atomic mass is 32.1. The predicted octanol–water partition coefficient (Wildman–Crippen LogP) is 2.10. The van der Waals surface area contributed by atoms with Crippen LogP contribution >= 0.6 is 11.3 Å². The van der Waals surface area contributed by atoms with E-state index in [9.17, 15) is 14.0 Å². The van der Waals surface area contributed by atoms with Crippen LogP contribution in [0.1, 0.15) is 5.56 Å². The van der Waals surface area contributed by atoms with E-state index in [2.05, 4.69) is 15.6 Å². The number of rotatable bonds is 7. The normalized spacial score (nSPS) is 15.4. The van der Waals surface area contributed by atoms with E-state index in [0.717, 1.165) is 31.7 Å². The highest BCUT2D eigenvalue weighted by Crippen LogP contribution is 2.11. The van der Waals surface area contributed by atoms with Gasteiger partial charge in [0.1, 0.15) is 5.82 Å². The maximum absolute atomic E-state index is 13.2. The van der Waals surface area contributed by atoms with Crippen LogP contribution in [0, 0.1) is 5.82 Å². The highest BCUT2D eigenvalue weighted by molar-refractivity contribution is 7.07. The van der Waals surface area contributed by atoms with Gasteiger partial charge < -0.3 is 10.2 Å². The monoisotopic (exact) mass is 404 g/mol. The first-order valence-electron chi connectivity index (χ1n) is 9.25. The summed E-state index contributed by atoms with van der Waals surface area (Å²) in [6, 6.07) is 7.90. The molecule has 0 saturated carbocycles. The van der Waals surface area contributed by atoms with Crippen LogP contribution in [0.15, 0.2) is 41.1 Å². The van der Waals surface area contributed by atoms with E-state index in [1.807, 2.05) is 23.4 Å². The Morgan fingerprint density at radius 2 is 1.86 bits per heavy atom. The summed E-state index contributed by atoms with van der Waals surface area (Å²) < 4.78 is 13.2. The van der Waals surface area contributed by atoms with Crippen LogP contribution in [0.25, 0.3) is 0 Å². The van der Waals surface area contributed by atoms with Crippen LogP contribution in [-0.4, -0.2) is 72.8 Å². The highest BCUT2D eigenvalue weighted by Gasteiger charge is 2.22. The molecule has 0 unspecified atom stereocenters. The second-order valence-electron chi connectivity index (χ2n) is 6.99. The van der Waals surface area contributed by atoms with Crippen LogP contribution in [0.4, 0.5) is 10.1 Å². The number of carbonyl (C=O) groups is 2. The molecule has 1 fully saturated rings. The lowest BCUT2D eigenvalue weighted by Gasteiger charge is -2.34. The number of halogens is 1. The van der Waals surface area contributed by atoms with E-state index in [1.54, 1.807) is 28.4 Å². The van der Waals surface area contributed by atoms with Gasteiger partial charge in [0.25, 0.3) is 0 Å². The van der Waals surface area contributed by atoms with Gasteiger partial charge in [-0.3, -0.25) is 19.4 Å². The Morgan fingerprint density at radius 1 is 1.14 bits per heavy atom. The zero-order valence-electron chi connectivity index (χ0n) is 15.9. The quantitative estimate of drug-likeness (QED) is 0.768. The maximum Gasteiger partial charge on any atom is 0.238 e. The molecule has 1 aromatic heterocycles. The molecular weight excluding hydrogens is 379 g/mol. The zero-order valence-corrected chi connectivity index (χ0v) is 16.8. The van der Waals surface area contributed by atoms with E-state index in [1.165, 1.54) is 12.1 Å². The molecule has 0 bridgehead atoms. The molecule has 1 aliphatic rings. The van der Waals surface area contributed by atoms with E-state index in [4.69, 9.17) is 0 Å². The molecule has 1 N–H and O–H groups in total. The van der Waals surface area contributed by atoms with Gasteiger partial charge in [0, 0.05) is 45.5 Å². The number of likely N-dealkylation sites (N-methyl/N-ethyl adjacent to an activating group) is 1. The number of thiophene rings is 1. The number of hydrogen-bond donors (Lipinski definition) is 1. The molecule has 1 aliphatic heterocycles. The van der Waals surface area contributed by atoms with Gasteiger partial charge in [0.2, 0.25) is 11.8 Å². The first kappa shape index (κ1) is 20.4. The summed E-state index contributed by atoms with van der Waals surface area (Å²) in [6.45, 7) is 4.20. The predicted molar refractivity (Wildman–Crippen MR) is 109 cm³/mol. The molecule has 0 atom stereocenters. The fraction of sp³-hybridized carbons (Fsp3) is 0.400. The third-order valence-corrected chi connectivity index (χ3v) is 5.46. The number of anilines is 1. The Labute approximate surface area is 168 Å². The Balaban J connectivity index is 1.38. The number of benzene rings is 1. The minimum Gasteiger partial charge on any atom is -0.340 e. The smallest absolute Gasteiger partial charge is 0.238 e. The minimum atomic E-state index is -0.375. The van der Waals surface area contributed by atoms with Crippen LogP contribution < -0.4 is 5.32 Å². The summed E-state index contributed by atoms with van der Waals surface area (Å²) in [4.78, 5) is 30.5. The van der Waals surface area contributed by atoms with Crippen molar-refractivity contribution in [3.8, 4) is 0 Å². The molecule has 2 aromatic rings.